The van der Waals surface area contributed by atoms with Gasteiger partial charge in [0.2, 0.25) is 0 Å². The molecular formula is C18H25NO3. The highest BCUT2D eigenvalue weighted by Gasteiger charge is 2.13. The molecule has 1 atom stereocenters. The minimum absolute atomic E-state index is 0.346. The van der Waals surface area contributed by atoms with Crippen LogP contribution in [0, 0.1) is 11.8 Å². The predicted octanol–water partition coefficient (Wildman–Crippen LogP) is 3.69. The molecule has 0 aliphatic carbocycles. The van der Waals surface area contributed by atoms with Crippen LogP contribution in [0.25, 0.3) is 0 Å². The Kier molecular flexibility index (Phi) is 8.94. The van der Waals surface area contributed by atoms with Crippen molar-refractivity contribution < 1.29 is 15.0 Å². The van der Waals surface area contributed by atoms with Gasteiger partial charge in [-0.15, -0.1) is 0 Å². The molecular weight excluding hydrogens is 278 g/mol. The van der Waals surface area contributed by atoms with Gasteiger partial charge in [-0.05, 0) is 24.5 Å². The summed E-state index contributed by atoms with van der Waals surface area (Å²) in [5.74, 6) is 5.02. The zero-order valence-electron chi connectivity index (χ0n) is 13.2. The molecule has 0 aliphatic rings. The highest BCUT2D eigenvalue weighted by Crippen LogP contribution is 2.14. The van der Waals surface area contributed by atoms with Crippen LogP contribution in [0.5, 0.6) is 0 Å². The van der Waals surface area contributed by atoms with Gasteiger partial charge in [0, 0.05) is 6.42 Å². The summed E-state index contributed by atoms with van der Waals surface area (Å²) in [6.45, 7) is 2.21. The van der Waals surface area contributed by atoms with Crippen molar-refractivity contribution in [1.82, 2.24) is 4.98 Å². The van der Waals surface area contributed by atoms with Crippen molar-refractivity contribution in [2.45, 2.75) is 64.4 Å². The van der Waals surface area contributed by atoms with Crippen LogP contribution in [0.4, 0.5) is 0 Å². The third kappa shape index (κ3) is 7.80. The van der Waals surface area contributed by atoms with Gasteiger partial charge in [-0.2, -0.15) is 0 Å². The van der Waals surface area contributed by atoms with E-state index < -0.39 is 12.1 Å². The fraction of sp³-hybridized carbons (Fsp3) is 0.556. The number of nitrogens with zero attached hydrogens (tertiary/aromatic N) is 1. The van der Waals surface area contributed by atoms with Crippen molar-refractivity contribution in [3.05, 3.63) is 29.6 Å². The first-order chi connectivity index (χ1) is 10.6. The molecule has 1 heterocycles. The van der Waals surface area contributed by atoms with E-state index in [-0.39, 0.29) is 6.42 Å². The molecule has 4 nitrogen and oxygen atoms in total. The standard InChI is InChI=1S/C18H25NO3/c1-2-3-4-5-6-7-8-9-11-15-12-10-13-16(19-15)17(20)14-18(21)22/h10,12-13,17,20H,2-8,14H2,1H3,(H,21,22). The topological polar surface area (TPSA) is 70.4 Å². The molecule has 0 saturated carbocycles. The summed E-state index contributed by atoms with van der Waals surface area (Å²) in [6, 6.07) is 5.12. The Bertz CT molecular complexity index is 517. The molecule has 0 aliphatic heterocycles. The van der Waals surface area contributed by atoms with Crippen LogP contribution < -0.4 is 0 Å². The van der Waals surface area contributed by atoms with Gasteiger partial charge in [0.15, 0.2) is 0 Å². The third-order valence-corrected chi connectivity index (χ3v) is 3.35. The van der Waals surface area contributed by atoms with E-state index in [9.17, 15) is 9.90 Å². The fourth-order valence-electron chi connectivity index (χ4n) is 2.12. The Morgan fingerprint density at radius 3 is 2.68 bits per heavy atom. The molecule has 2 N–H and O–H groups in total. The molecule has 0 aromatic carbocycles. The maximum absolute atomic E-state index is 10.6. The lowest BCUT2D eigenvalue weighted by Crippen LogP contribution is -2.07. The Balaban J connectivity index is 2.40. The maximum atomic E-state index is 10.6. The largest absolute Gasteiger partial charge is 0.481 e. The average molecular weight is 303 g/mol. The number of pyridine rings is 1. The summed E-state index contributed by atoms with van der Waals surface area (Å²) in [4.78, 5) is 14.8. The Morgan fingerprint density at radius 1 is 1.23 bits per heavy atom. The van der Waals surface area contributed by atoms with E-state index in [1.54, 1.807) is 18.2 Å². The fourth-order valence-corrected chi connectivity index (χ4v) is 2.12. The second kappa shape index (κ2) is 10.8. The molecule has 0 saturated heterocycles. The summed E-state index contributed by atoms with van der Waals surface area (Å²) >= 11 is 0. The number of aliphatic carboxylic acids is 1. The van der Waals surface area contributed by atoms with Gasteiger partial charge < -0.3 is 10.2 Å². The molecule has 22 heavy (non-hydrogen) atoms. The number of carbonyl (C=O) groups is 1. The summed E-state index contributed by atoms with van der Waals surface area (Å²) in [5.41, 5.74) is 0.932. The molecule has 0 fully saturated rings. The number of carboxylic acids is 1. The highest BCUT2D eigenvalue weighted by atomic mass is 16.4. The second-order valence-electron chi connectivity index (χ2n) is 5.38. The van der Waals surface area contributed by atoms with Crippen molar-refractivity contribution in [1.29, 1.82) is 0 Å². The normalized spacial score (nSPS) is 11.5. The predicted molar refractivity (Wildman–Crippen MR) is 86.3 cm³/mol. The van der Waals surface area contributed by atoms with Gasteiger partial charge in [0.05, 0.1) is 12.1 Å². The van der Waals surface area contributed by atoms with Crippen molar-refractivity contribution in [2.24, 2.45) is 0 Å². The SMILES string of the molecule is CCCCCCCCC#Cc1cccc(C(O)CC(=O)O)n1. The van der Waals surface area contributed by atoms with E-state index in [0.29, 0.717) is 11.4 Å². The minimum Gasteiger partial charge on any atom is -0.481 e. The Hall–Kier alpha value is -1.86. The van der Waals surface area contributed by atoms with Gasteiger partial charge in [-0.3, -0.25) is 4.79 Å². The van der Waals surface area contributed by atoms with Crippen molar-refractivity contribution >= 4 is 5.97 Å². The number of aliphatic hydroxyl groups is 1. The molecule has 1 aromatic rings. The van der Waals surface area contributed by atoms with Crippen LogP contribution >= 0.6 is 0 Å². The first kappa shape index (κ1) is 18.2. The van der Waals surface area contributed by atoms with Gasteiger partial charge in [-0.25, -0.2) is 4.98 Å². The first-order valence-electron chi connectivity index (χ1n) is 7.99. The zero-order valence-corrected chi connectivity index (χ0v) is 13.2. The number of carboxylic acid groups (broad SMARTS) is 1. The van der Waals surface area contributed by atoms with Crippen molar-refractivity contribution in [3.63, 3.8) is 0 Å². The lowest BCUT2D eigenvalue weighted by Gasteiger charge is -2.06. The smallest absolute Gasteiger partial charge is 0.306 e. The van der Waals surface area contributed by atoms with Gasteiger partial charge in [0.1, 0.15) is 11.8 Å². The molecule has 1 unspecified atom stereocenters. The monoisotopic (exact) mass is 303 g/mol. The van der Waals surface area contributed by atoms with Gasteiger partial charge >= 0.3 is 5.97 Å². The number of aromatic nitrogens is 1. The third-order valence-electron chi connectivity index (χ3n) is 3.35. The van der Waals surface area contributed by atoms with E-state index in [4.69, 9.17) is 5.11 Å². The maximum Gasteiger partial charge on any atom is 0.306 e. The van der Waals surface area contributed by atoms with Crippen LogP contribution in [-0.2, 0) is 4.79 Å². The molecule has 4 heteroatoms. The lowest BCUT2D eigenvalue weighted by molar-refractivity contribution is -0.139. The molecule has 1 rings (SSSR count). The van der Waals surface area contributed by atoms with E-state index in [1.165, 1.54) is 32.1 Å². The summed E-state index contributed by atoms with van der Waals surface area (Å²) in [5, 5.41) is 18.4. The van der Waals surface area contributed by atoms with Gasteiger partial charge in [-0.1, -0.05) is 51.0 Å². The highest BCUT2D eigenvalue weighted by molar-refractivity contribution is 5.67. The lowest BCUT2D eigenvalue weighted by atomic mass is 10.1. The Morgan fingerprint density at radius 2 is 1.95 bits per heavy atom. The van der Waals surface area contributed by atoms with Crippen LogP contribution in [0.1, 0.15) is 75.8 Å². The number of hydrogen-bond acceptors (Lipinski definition) is 3. The van der Waals surface area contributed by atoms with Crippen LogP contribution in [0.3, 0.4) is 0 Å². The molecule has 0 radical (unpaired) electrons. The quantitative estimate of drug-likeness (QED) is 0.539. The van der Waals surface area contributed by atoms with E-state index in [0.717, 1.165) is 12.8 Å². The summed E-state index contributed by atoms with van der Waals surface area (Å²) in [7, 11) is 0. The van der Waals surface area contributed by atoms with Crippen LogP contribution in [0.2, 0.25) is 0 Å². The van der Waals surface area contributed by atoms with Crippen molar-refractivity contribution in [2.75, 3.05) is 0 Å². The first-order valence-corrected chi connectivity index (χ1v) is 7.99. The zero-order chi connectivity index (χ0) is 16.2. The Labute approximate surface area is 132 Å². The number of aliphatic hydroxyl groups excluding tert-OH is 1. The van der Waals surface area contributed by atoms with Crippen LogP contribution in [-0.4, -0.2) is 21.2 Å². The van der Waals surface area contributed by atoms with Gasteiger partial charge in [0.25, 0.3) is 0 Å². The second-order valence-corrected chi connectivity index (χ2v) is 5.38. The molecule has 0 amide bonds. The van der Waals surface area contributed by atoms with E-state index in [1.807, 2.05) is 0 Å². The van der Waals surface area contributed by atoms with Crippen molar-refractivity contribution in [3.8, 4) is 11.8 Å². The number of hydrogen-bond donors (Lipinski definition) is 2. The number of unbranched alkanes of at least 4 members (excludes halogenated alkanes) is 6. The molecule has 120 valence electrons. The van der Waals surface area contributed by atoms with Crippen LogP contribution in [0.15, 0.2) is 18.2 Å². The molecule has 0 spiro atoms. The van der Waals surface area contributed by atoms with E-state index in [2.05, 4.69) is 23.7 Å². The van der Waals surface area contributed by atoms with E-state index >= 15 is 0 Å². The number of rotatable bonds is 9. The molecule has 0 bridgehead atoms. The minimum atomic E-state index is -1.09. The average Bonchev–Trinajstić information content (AvgIpc) is 2.49. The summed E-state index contributed by atoms with van der Waals surface area (Å²) in [6.07, 6.45) is 6.85. The molecule has 1 aromatic heterocycles. The summed E-state index contributed by atoms with van der Waals surface area (Å²) < 4.78 is 0.